The summed E-state index contributed by atoms with van der Waals surface area (Å²) < 4.78 is 2.32. The van der Waals surface area contributed by atoms with Gasteiger partial charge in [0.05, 0.1) is 0 Å². The molecule has 1 fully saturated rings. The number of nitrogens with one attached hydrogen (secondary N) is 1. The zero-order valence-electron chi connectivity index (χ0n) is 12.2. The first kappa shape index (κ1) is 13.2. The third-order valence-corrected chi connectivity index (χ3v) is 4.33. The van der Waals surface area contributed by atoms with Crippen LogP contribution in [0.15, 0.2) is 36.7 Å². The van der Waals surface area contributed by atoms with E-state index in [1.54, 1.807) is 0 Å². The number of imidazole rings is 1. The molecule has 1 aliphatic carbocycles. The Morgan fingerprint density at radius 2 is 2.05 bits per heavy atom. The minimum atomic E-state index is 0.651. The topological polar surface area (TPSA) is 29.9 Å². The van der Waals surface area contributed by atoms with Crippen LogP contribution in [0.25, 0.3) is 0 Å². The summed E-state index contributed by atoms with van der Waals surface area (Å²) in [7, 11) is 0. The SMILES string of the molecule is Cc1ccccc1CCNc1nccn1C1CCCC1. The summed E-state index contributed by atoms with van der Waals surface area (Å²) in [6.45, 7) is 3.11. The van der Waals surface area contributed by atoms with E-state index in [1.807, 2.05) is 6.20 Å². The van der Waals surface area contributed by atoms with Gasteiger partial charge in [0.2, 0.25) is 5.95 Å². The molecule has 0 saturated heterocycles. The molecule has 1 aromatic carbocycles. The highest BCUT2D eigenvalue weighted by Crippen LogP contribution is 2.31. The standard InChI is InChI=1S/C17H23N3/c1-14-6-2-3-7-15(14)10-11-18-17-19-12-13-20(17)16-8-4-5-9-16/h2-3,6-7,12-13,16H,4-5,8-11H2,1H3,(H,18,19). The number of rotatable bonds is 5. The maximum Gasteiger partial charge on any atom is 0.203 e. The first-order valence-electron chi connectivity index (χ1n) is 7.66. The van der Waals surface area contributed by atoms with Crippen molar-refractivity contribution < 1.29 is 0 Å². The Morgan fingerprint density at radius 3 is 2.85 bits per heavy atom. The number of hydrogen-bond acceptors (Lipinski definition) is 2. The van der Waals surface area contributed by atoms with E-state index in [2.05, 4.69) is 52.3 Å². The predicted octanol–water partition coefficient (Wildman–Crippen LogP) is 3.96. The van der Waals surface area contributed by atoms with Crippen molar-refractivity contribution in [1.29, 1.82) is 0 Å². The van der Waals surface area contributed by atoms with Crippen molar-refractivity contribution in [2.45, 2.75) is 45.1 Å². The summed E-state index contributed by atoms with van der Waals surface area (Å²) >= 11 is 0. The van der Waals surface area contributed by atoms with E-state index in [9.17, 15) is 0 Å². The fourth-order valence-electron chi connectivity index (χ4n) is 3.13. The van der Waals surface area contributed by atoms with Crippen LogP contribution >= 0.6 is 0 Å². The molecule has 2 aromatic rings. The largest absolute Gasteiger partial charge is 0.355 e. The van der Waals surface area contributed by atoms with Gasteiger partial charge in [-0.15, -0.1) is 0 Å². The molecule has 0 atom stereocenters. The molecule has 1 saturated carbocycles. The van der Waals surface area contributed by atoms with E-state index in [0.717, 1.165) is 18.9 Å². The van der Waals surface area contributed by atoms with Gasteiger partial charge in [0, 0.05) is 25.0 Å². The van der Waals surface area contributed by atoms with Gasteiger partial charge in [-0.25, -0.2) is 4.98 Å². The lowest BCUT2D eigenvalue weighted by Crippen LogP contribution is -2.13. The summed E-state index contributed by atoms with van der Waals surface area (Å²) in [5.74, 6) is 1.03. The Balaban J connectivity index is 1.59. The van der Waals surface area contributed by atoms with E-state index in [4.69, 9.17) is 0 Å². The van der Waals surface area contributed by atoms with Gasteiger partial charge >= 0.3 is 0 Å². The average Bonchev–Trinajstić information content (AvgIpc) is 3.11. The van der Waals surface area contributed by atoms with Gasteiger partial charge < -0.3 is 9.88 Å². The van der Waals surface area contributed by atoms with Crippen molar-refractivity contribution in [3.05, 3.63) is 47.8 Å². The zero-order chi connectivity index (χ0) is 13.8. The lowest BCUT2D eigenvalue weighted by Gasteiger charge is -2.16. The normalized spacial score (nSPS) is 15.7. The smallest absolute Gasteiger partial charge is 0.203 e. The fourth-order valence-corrected chi connectivity index (χ4v) is 3.13. The van der Waals surface area contributed by atoms with Gasteiger partial charge in [-0.3, -0.25) is 0 Å². The van der Waals surface area contributed by atoms with Gasteiger partial charge in [-0.05, 0) is 37.3 Å². The molecule has 106 valence electrons. The number of hydrogen-bond donors (Lipinski definition) is 1. The zero-order valence-corrected chi connectivity index (χ0v) is 12.2. The minimum Gasteiger partial charge on any atom is -0.355 e. The molecule has 0 radical (unpaired) electrons. The highest BCUT2D eigenvalue weighted by molar-refractivity contribution is 5.30. The summed E-state index contributed by atoms with van der Waals surface area (Å²) in [6.07, 6.45) is 10.4. The third-order valence-electron chi connectivity index (χ3n) is 4.33. The van der Waals surface area contributed by atoms with Gasteiger partial charge in [0.25, 0.3) is 0 Å². The molecule has 20 heavy (non-hydrogen) atoms. The van der Waals surface area contributed by atoms with Crippen molar-refractivity contribution in [3.8, 4) is 0 Å². The van der Waals surface area contributed by atoms with Crippen LogP contribution < -0.4 is 5.32 Å². The first-order chi connectivity index (χ1) is 9.84. The Labute approximate surface area is 121 Å². The number of anilines is 1. The molecule has 0 bridgehead atoms. The van der Waals surface area contributed by atoms with Crippen LogP contribution in [0.5, 0.6) is 0 Å². The van der Waals surface area contributed by atoms with E-state index >= 15 is 0 Å². The lowest BCUT2D eigenvalue weighted by molar-refractivity contribution is 0.523. The molecule has 0 aliphatic heterocycles. The highest BCUT2D eigenvalue weighted by Gasteiger charge is 2.18. The molecule has 1 heterocycles. The fraction of sp³-hybridized carbons (Fsp3) is 0.471. The van der Waals surface area contributed by atoms with E-state index in [0.29, 0.717) is 6.04 Å². The Bertz CT molecular complexity index is 553. The molecule has 1 N–H and O–H groups in total. The molecule has 1 aliphatic rings. The van der Waals surface area contributed by atoms with Gasteiger partial charge in [-0.1, -0.05) is 37.1 Å². The highest BCUT2D eigenvalue weighted by atomic mass is 15.2. The Hall–Kier alpha value is -1.77. The van der Waals surface area contributed by atoms with Gasteiger partial charge in [-0.2, -0.15) is 0 Å². The quantitative estimate of drug-likeness (QED) is 0.890. The van der Waals surface area contributed by atoms with Crippen molar-refractivity contribution in [3.63, 3.8) is 0 Å². The van der Waals surface area contributed by atoms with Crippen LogP contribution in [0.4, 0.5) is 5.95 Å². The third kappa shape index (κ3) is 2.87. The van der Waals surface area contributed by atoms with Crippen LogP contribution in [-0.2, 0) is 6.42 Å². The Kier molecular flexibility index (Phi) is 4.05. The monoisotopic (exact) mass is 269 g/mol. The maximum absolute atomic E-state index is 4.47. The molecule has 0 amide bonds. The summed E-state index contributed by atoms with van der Waals surface area (Å²) in [5.41, 5.74) is 2.78. The minimum absolute atomic E-state index is 0.651. The number of aromatic nitrogens is 2. The molecule has 3 nitrogen and oxygen atoms in total. The maximum atomic E-state index is 4.47. The molecular formula is C17H23N3. The van der Waals surface area contributed by atoms with Crippen molar-refractivity contribution in [2.24, 2.45) is 0 Å². The van der Waals surface area contributed by atoms with E-state index in [-0.39, 0.29) is 0 Å². The lowest BCUT2D eigenvalue weighted by atomic mass is 10.1. The van der Waals surface area contributed by atoms with Crippen LogP contribution in [-0.4, -0.2) is 16.1 Å². The number of aryl methyl sites for hydroxylation is 1. The number of nitrogens with zero attached hydrogens (tertiary/aromatic N) is 2. The molecule has 1 aromatic heterocycles. The summed E-state index contributed by atoms with van der Waals surface area (Å²) in [4.78, 5) is 4.47. The van der Waals surface area contributed by atoms with Crippen molar-refractivity contribution in [1.82, 2.24) is 9.55 Å². The average molecular weight is 269 g/mol. The van der Waals surface area contributed by atoms with E-state index in [1.165, 1.54) is 36.8 Å². The molecular weight excluding hydrogens is 246 g/mol. The van der Waals surface area contributed by atoms with Gasteiger partial charge in [0.1, 0.15) is 0 Å². The first-order valence-corrected chi connectivity index (χ1v) is 7.66. The van der Waals surface area contributed by atoms with E-state index < -0.39 is 0 Å². The van der Waals surface area contributed by atoms with Crippen molar-refractivity contribution >= 4 is 5.95 Å². The second kappa shape index (κ2) is 6.12. The Morgan fingerprint density at radius 1 is 1.25 bits per heavy atom. The second-order valence-corrected chi connectivity index (χ2v) is 5.70. The molecule has 3 heteroatoms. The summed E-state index contributed by atoms with van der Waals surface area (Å²) in [5, 5.41) is 3.50. The van der Waals surface area contributed by atoms with Crippen molar-refractivity contribution in [2.75, 3.05) is 11.9 Å². The van der Waals surface area contributed by atoms with Crippen LogP contribution in [0, 0.1) is 6.92 Å². The summed E-state index contributed by atoms with van der Waals surface area (Å²) in [6, 6.07) is 9.24. The van der Waals surface area contributed by atoms with Crippen LogP contribution in [0.3, 0.4) is 0 Å². The van der Waals surface area contributed by atoms with Crippen LogP contribution in [0.1, 0.15) is 42.9 Å². The van der Waals surface area contributed by atoms with Crippen LogP contribution in [0.2, 0.25) is 0 Å². The molecule has 3 rings (SSSR count). The van der Waals surface area contributed by atoms with Gasteiger partial charge in [0.15, 0.2) is 0 Å². The second-order valence-electron chi connectivity index (χ2n) is 5.70. The molecule has 0 unspecified atom stereocenters. The predicted molar refractivity (Wildman–Crippen MR) is 83.1 cm³/mol. The molecule has 0 spiro atoms. The number of benzene rings is 1.